The van der Waals surface area contributed by atoms with Crippen molar-refractivity contribution >= 4 is 11.9 Å². The van der Waals surface area contributed by atoms with Gasteiger partial charge < -0.3 is 14.9 Å². The highest BCUT2D eigenvalue weighted by Crippen LogP contribution is 2.17. The van der Waals surface area contributed by atoms with Gasteiger partial charge in [0.1, 0.15) is 0 Å². The van der Waals surface area contributed by atoms with Crippen LogP contribution >= 0.6 is 0 Å². The van der Waals surface area contributed by atoms with Crippen molar-refractivity contribution in [2.45, 2.75) is 19.1 Å². The van der Waals surface area contributed by atoms with Crippen LogP contribution in [0.3, 0.4) is 0 Å². The smallest absolute Gasteiger partial charge is 0.343 e. The molecule has 1 saturated heterocycles. The molecule has 0 aromatic rings. The van der Waals surface area contributed by atoms with E-state index in [0.29, 0.717) is 0 Å². The van der Waals surface area contributed by atoms with Crippen molar-refractivity contribution in [3.05, 3.63) is 0 Å². The van der Waals surface area contributed by atoms with Crippen molar-refractivity contribution in [3.63, 3.8) is 0 Å². The Labute approximate surface area is 62.6 Å². The molecule has 0 saturated carbocycles. The number of esters is 2. The molecule has 2 atom stereocenters. The summed E-state index contributed by atoms with van der Waals surface area (Å²) in [6, 6.07) is 0. The fraction of sp³-hybridized carbons (Fsp3) is 0.667. The van der Waals surface area contributed by atoms with Gasteiger partial charge in [-0.25, -0.2) is 9.59 Å². The Morgan fingerprint density at radius 3 is 1.91 bits per heavy atom. The van der Waals surface area contributed by atoms with E-state index in [1.807, 2.05) is 0 Å². The summed E-state index contributed by atoms with van der Waals surface area (Å²) < 4.78 is 4.00. The number of rotatable bonds is 0. The van der Waals surface area contributed by atoms with E-state index in [4.69, 9.17) is 10.2 Å². The zero-order chi connectivity index (χ0) is 8.59. The van der Waals surface area contributed by atoms with E-state index in [1.54, 1.807) is 0 Å². The van der Waals surface area contributed by atoms with E-state index in [1.165, 1.54) is 6.92 Å². The molecular weight excluding hydrogens is 152 g/mol. The van der Waals surface area contributed by atoms with E-state index >= 15 is 0 Å². The SMILES string of the molecule is CC1C(O)C(=O)OC(=O)C1O. The second-order valence-corrected chi connectivity index (χ2v) is 2.49. The molecule has 1 aliphatic heterocycles. The standard InChI is InChI=1S/C6H8O5/c1-2-3(7)5(9)11-6(10)4(2)8/h2-4,7-8H,1H3. The molecule has 2 N–H and O–H groups in total. The molecule has 0 radical (unpaired) electrons. The van der Waals surface area contributed by atoms with Crippen LogP contribution in [0.25, 0.3) is 0 Å². The summed E-state index contributed by atoms with van der Waals surface area (Å²) in [5.74, 6) is -2.77. The van der Waals surface area contributed by atoms with Crippen molar-refractivity contribution in [2.24, 2.45) is 5.92 Å². The third kappa shape index (κ3) is 1.24. The molecule has 2 unspecified atom stereocenters. The molecule has 5 nitrogen and oxygen atoms in total. The summed E-state index contributed by atoms with van der Waals surface area (Å²) in [6.45, 7) is 1.40. The fourth-order valence-corrected chi connectivity index (χ4v) is 0.822. The molecule has 1 heterocycles. The number of aliphatic hydroxyl groups is 2. The number of ether oxygens (including phenoxy) is 1. The first-order valence-corrected chi connectivity index (χ1v) is 3.15. The Bertz CT molecular complexity index is 179. The van der Waals surface area contributed by atoms with E-state index in [2.05, 4.69) is 4.74 Å². The van der Waals surface area contributed by atoms with Gasteiger partial charge in [-0.3, -0.25) is 0 Å². The maximum atomic E-state index is 10.6. The number of hydrogen-bond donors (Lipinski definition) is 2. The van der Waals surface area contributed by atoms with Crippen LogP contribution in [0.4, 0.5) is 0 Å². The number of cyclic esters (lactones) is 2. The van der Waals surface area contributed by atoms with E-state index in [0.717, 1.165) is 0 Å². The molecule has 0 aromatic carbocycles. The predicted octanol–water partition coefficient (Wildman–Crippen LogP) is -1.57. The lowest BCUT2D eigenvalue weighted by molar-refractivity contribution is -0.187. The second kappa shape index (κ2) is 2.60. The third-order valence-corrected chi connectivity index (χ3v) is 1.68. The van der Waals surface area contributed by atoms with Crippen molar-refractivity contribution in [2.75, 3.05) is 0 Å². The molecule has 11 heavy (non-hydrogen) atoms. The van der Waals surface area contributed by atoms with E-state index in [9.17, 15) is 9.59 Å². The van der Waals surface area contributed by atoms with Gasteiger partial charge in [0.05, 0.1) is 0 Å². The molecule has 0 spiro atoms. The van der Waals surface area contributed by atoms with Crippen LogP contribution in [0.15, 0.2) is 0 Å². The molecular formula is C6H8O5. The van der Waals surface area contributed by atoms with E-state index < -0.39 is 30.1 Å². The molecule has 0 bridgehead atoms. The largest absolute Gasteiger partial charge is 0.389 e. The zero-order valence-electron chi connectivity index (χ0n) is 5.85. The number of carbonyl (C=O) groups excluding carboxylic acids is 2. The summed E-state index contributed by atoms with van der Waals surface area (Å²) in [6.07, 6.45) is -2.80. The quantitative estimate of drug-likeness (QED) is 0.330. The van der Waals surface area contributed by atoms with Gasteiger partial charge in [0, 0.05) is 5.92 Å². The molecule has 0 amide bonds. The number of hydrogen-bond acceptors (Lipinski definition) is 5. The molecule has 1 fully saturated rings. The van der Waals surface area contributed by atoms with Crippen LogP contribution in [0, 0.1) is 5.92 Å². The van der Waals surface area contributed by atoms with Crippen LogP contribution in [0.2, 0.25) is 0 Å². The van der Waals surface area contributed by atoms with Crippen molar-refractivity contribution in [1.29, 1.82) is 0 Å². The third-order valence-electron chi connectivity index (χ3n) is 1.68. The highest BCUT2D eigenvalue weighted by atomic mass is 16.6. The lowest BCUT2D eigenvalue weighted by Gasteiger charge is -2.25. The van der Waals surface area contributed by atoms with Gasteiger partial charge in [0.2, 0.25) is 0 Å². The van der Waals surface area contributed by atoms with Gasteiger partial charge in [-0.2, -0.15) is 0 Å². The lowest BCUT2D eigenvalue weighted by atomic mass is 9.96. The van der Waals surface area contributed by atoms with Gasteiger partial charge in [0.15, 0.2) is 12.2 Å². The summed E-state index contributed by atoms with van der Waals surface area (Å²) in [5, 5.41) is 17.9. The molecule has 1 rings (SSSR count). The zero-order valence-corrected chi connectivity index (χ0v) is 5.85. The maximum Gasteiger partial charge on any atom is 0.343 e. The highest BCUT2D eigenvalue weighted by molar-refractivity contribution is 5.93. The Morgan fingerprint density at radius 1 is 1.18 bits per heavy atom. The topological polar surface area (TPSA) is 83.8 Å². The molecule has 1 aliphatic rings. The molecule has 5 heteroatoms. The van der Waals surface area contributed by atoms with Gasteiger partial charge >= 0.3 is 11.9 Å². The Kier molecular flexibility index (Phi) is 1.92. The minimum Gasteiger partial charge on any atom is -0.389 e. The fourth-order valence-electron chi connectivity index (χ4n) is 0.822. The molecule has 62 valence electrons. The summed E-state index contributed by atoms with van der Waals surface area (Å²) in [4.78, 5) is 21.1. The van der Waals surface area contributed by atoms with Crippen molar-refractivity contribution < 1.29 is 24.5 Å². The van der Waals surface area contributed by atoms with Crippen LogP contribution in [0.1, 0.15) is 6.92 Å². The minimum atomic E-state index is -1.40. The van der Waals surface area contributed by atoms with Crippen LogP contribution < -0.4 is 0 Å². The van der Waals surface area contributed by atoms with Crippen LogP contribution in [-0.2, 0) is 14.3 Å². The second-order valence-electron chi connectivity index (χ2n) is 2.49. The van der Waals surface area contributed by atoms with Gasteiger partial charge in [0.25, 0.3) is 0 Å². The lowest BCUT2D eigenvalue weighted by Crippen LogP contribution is -2.48. The van der Waals surface area contributed by atoms with Crippen molar-refractivity contribution in [1.82, 2.24) is 0 Å². The predicted molar refractivity (Wildman–Crippen MR) is 32.3 cm³/mol. The Hall–Kier alpha value is -0.940. The van der Waals surface area contributed by atoms with Gasteiger partial charge in [-0.05, 0) is 0 Å². The summed E-state index contributed by atoms with van der Waals surface area (Å²) in [5.41, 5.74) is 0. The Morgan fingerprint density at radius 2 is 1.55 bits per heavy atom. The summed E-state index contributed by atoms with van der Waals surface area (Å²) in [7, 11) is 0. The Balaban J connectivity index is 2.78. The first-order chi connectivity index (χ1) is 5.04. The normalized spacial score (nSPS) is 38.6. The first kappa shape index (κ1) is 8.16. The minimum absolute atomic E-state index is 0.788. The van der Waals surface area contributed by atoms with E-state index in [-0.39, 0.29) is 0 Å². The van der Waals surface area contributed by atoms with Crippen LogP contribution in [0.5, 0.6) is 0 Å². The highest BCUT2D eigenvalue weighted by Gasteiger charge is 2.41. The summed E-state index contributed by atoms with van der Waals surface area (Å²) >= 11 is 0. The molecule has 0 aromatic heterocycles. The average molecular weight is 160 g/mol. The van der Waals surface area contributed by atoms with Crippen LogP contribution in [-0.4, -0.2) is 34.4 Å². The monoisotopic (exact) mass is 160 g/mol. The average Bonchev–Trinajstić information content (AvgIpc) is 1.97. The number of aliphatic hydroxyl groups excluding tert-OH is 2. The van der Waals surface area contributed by atoms with Crippen molar-refractivity contribution in [3.8, 4) is 0 Å². The van der Waals surface area contributed by atoms with Gasteiger partial charge in [-0.15, -0.1) is 0 Å². The first-order valence-electron chi connectivity index (χ1n) is 3.15. The molecule has 0 aliphatic carbocycles. The maximum absolute atomic E-state index is 10.6. The number of carbonyl (C=O) groups is 2. The van der Waals surface area contributed by atoms with Gasteiger partial charge in [-0.1, -0.05) is 6.92 Å².